The van der Waals surface area contributed by atoms with Crippen molar-refractivity contribution in [2.24, 2.45) is 5.92 Å². The molecule has 2 fully saturated rings. The third-order valence-electron chi connectivity index (χ3n) is 6.43. The van der Waals surface area contributed by atoms with Crippen molar-refractivity contribution in [2.75, 3.05) is 13.1 Å². The van der Waals surface area contributed by atoms with Gasteiger partial charge in [-0.15, -0.1) is 0 Å². The Kier molecular flexibility index (Phi) is 4.60. The number of aromatic nitrogens is 3. The van der Waals surface area contributed by atoms with Crippen LogP contribution in [0.25, 0.3) is 0 Å². The van der Waals surface area contributed by atoms with Crippen molar-refractivity contribution in [3.8, 4) is 0 Å². The van der Waals surface area contributed by atoms with Gasteiger partial charge in [-0.2, -0.15) is 5.10 Å². The maximum atomic E-state index is 12.4. The molecule has 1 saturated heterocycles. The van der Waals surface area contributed by atoms with Crippen LogP contribution in [0.3, 0.4) is 0 Å². The van der Waals surface area contributed by atoms with E-state index in [1.54, 1.807) is 4.68 Å². The lowest BCUT2D eigenvalue weighted by Gasteiger charge is -2.32. The quantitative estimate of drug-likeness (QED) is 0.812. The number of fused-ring (bicyclic) bond motifs is 1. The number of hydrogen-bond donors (Lipinski definition) is 0. The number of piperidine rings is 1. The summed E-state index contributed by atoms with van der Waals surface area (Å²) >= 11 is 0. The number of likely N-dealkylation sites (tertiary alicyclic amines) is 1. The van der Waals surface area contributed by atoms with E-state index in [4.69, 9.17) is 9.62 Å². The second-order valence-corrected chi connectivity index (χ2v) is 8.55. The van der Waals surface area contributed by atoms with Crippen molar-refractivity contribution in [3.05, 3.63) is 45.2 Å². The second-order valence-electron chi connectivity index (χ2n) is 8.55. The smallest absolute Gasteiger partial charge is 0.267 e. The molecule has 3 heterocycles. The van der Waals surface area contributed by atoms with Crippen LogP contribution in [0.15, 0.2) is 21.6 Å². The zero-order valence-electron chi connectivity index (χ0n) is 15.9. The zero-order valence-corrected chi connectivity index (χ0v) is 15.9. The lowest BCUT2D eigenvalue weighted by molar-refractivity contribution is 0.162. The largest absolute Gasteiger partial charge is 0.361 e. The molecule has 144 valence electrons. The van der Waals surface area contributed by atoms with E-state index in [9.17, 15) is 4.79 Å². The highest BCUT2D eigenvalue weighted by Gasteiger charge is 2.31. The second kappa shape index (κ2) is 7.23. The Morgan fingerprint density at radius 3 is 2.74 bits per heavy atom. The Hall–Kier alpha value is -1.95. The molecule has 0 unspecified atom stereocenters. The predicted octanol–water partition coefficient (Wildman–Crippen LogP) is 2.90. The maximum Gasteiger partial charge on any atom is 0.267 e. The molecular weight excluding hydrogens is 340 g/mol. The summed E-state index contributed by atoms with van der Waals surface area (Å²) in [5.74, 6) is 2.27. The molecule has 2 aliphatic carbocycles. The first-order chi connectivity index (χ1) is 13.3. The van der Waals surface area contributed by atoms with Gasteiger partial charge >= 0.3 is 0 Å². The third-order valence-corrected chi connectivity index (χ3v) is 6.43. The summed E-state index contributed by atoms with van der Waals surface area (Å²) in [6, 6.07) is 1.84. The van der Waals surface area contributed by atoms with Gasteiger partial charge in [0.2, 0.25) is 0 Å². The molecule has 6 nitrogen and oxygen atoms in total. The van der Waals surface area contributed by atoms with E-state index in [0.29, 0.717) is 11.8 Å². The molecule has 0 radical (unpaired) electrons. The number of rotatable bonds is 5. The first kappa shape index (κ1) is 17.2. The fourth-order valence-corrected chi connectivity index (χ4v) is 4.61. The molecule has 0 amide bonds. The molecular formula is C21H28N4O2. The minimum Gasteiger partial charge on any atom is -0.361 e. The monoisotopic (exact) mass is 368 g/mol. The van der Waals surface area contributed by atoms with Crippen molar-refractivity contribution < 1.29 is 4.52 Å². The fraction of sp³-hybridized carbons (Fsp3) is 0.667. The minimum absolute atomic E-state index is 0.0802. The summed E-state index contributed by atoms with van der Waals surface area (Å²) in [5, 5.41) is 8.71. The molecule has 0 atom stereocenters. The fourth-order valence-electron chi connectivity index (χ4n) is 4.61. The van der Waals surface area contributed by atoms with Crippen LogP contribution < -0.4 is 5.56 Å². The zero-order chi connectivity index (χ0) is 18.2. The highest BCUT2D eigenvalue weighted by Crippen LogP contribution is 2.42. The molecule has 0 aromatic carbocycles. The first-order valence-corrected chi connectivity index (χ1v) is 10.5. The molecule has 5 rings (SSSR count). The normalized spacial score (nSPS) is 21.3. The van der Waals surface area contributed by atoms with E-state index in [0.717, 1.165) is 63.3 Å². The summed E-state index contributed by atoms with van der Waals surface area (Å²) in [5.41, 5.74) is 3.68. The standard InChI is InChI=1S/C21H28N4O2/c26-20-11-17-3-1-2-4-19(17)23-25(20)13-15-7-9-24(10-8-15)14-18-12-22-27-21(18)16-5-6-16/h11-12,15-16H,1-10,13-14H2. The highest BCUT2D eigenvalue weighted by molar-refractivity contribution is 5.22. The van der Waals surface area contributed by atoms with Gasteiger partial charge in [-0.3, -0.25) is 9.69 Å². The van der Waals surface area contributed by atoms with Crippen molar-refractivity contribution in [2.45, 2.75) is 70.4 Å². The summed E-state index contributed by atoms with van der Waals surface area (Å²) in [4.78, 5) is 14.9. The van der Waals surface area contributed by atoms with Gasteiger partial charge in [0, 0.05) is 30.6 Å². The van der Waals surface area contributed by atoms with Crippen LogP contribution in [0.2, 0.25) is 0 Å². The lowest BCUT2D eigenvalue weighted by atomic mass is 9.95. The molecule has 6 heteroatoms. The van der Waals surface area contributed by atoms with E-state index in [-0.39, 0.29) is 5.56 Å². The van der Waals surface area contributed by atoms with Gasteiger partial charge in [-0.25, -0.2) is 4.68 Å². The third kappa shape index (κ3) is 3.72. The Morgan fingerprint density at radius 2 is 1.93 bits per heavy atom. The summed E-state index contributed by atoms with van der Waals surface area (Å²) in [6.07, 6.45) is 11.0. The van der Waals surface area contributed by atoms with Gasteiger partial charge in [0.05, 0.1) is 11.9 Å². The number of hydrogen-bond acceptors (Lipinski definition) is 5. The molecule has 0 N–H and O–H groups in total. The van der Waals surface area contributed by atoms with E-state index in [1.165, 1.54) is 36.8 Å². The van der Waals surface area contributed by atoms with Crippen molar-refractivity contribution in [1.82, 2.24) is 19.8 Å². The summed E-state index contributed by atoms with van der Waals surface area (Å²) in [6.45, 7) is 3.85. The summed E-state index contributed by atoms with van der Waals surface area (Å²) in [7, 11) is 0. The molecule has 1 aliphatic heterocycles. The SMILES string of the molecule is O=c1cc2c(nn1CC1CCN(Cc3cnoc3C3CC3)CC1)CCCC2. The van der Waals surface area contributed by atoms with Crippen LogP contribution in [0.4, 0.5) is 0 Å². The minimum atomic E-state index is 0.0802. The number of aryl methyl sites for hydroxylation is 2. The van der Waals surface area contributed by atoms with Gasteiger partial charge in [0.15, 0.2) is 0 Å². The Labute approximate surface area is 159 Å². The van der Waals surface area contributed by atoms with E-state index in [2.05, 4.69) is 10.1 Å². The summed E-state index contributed by atoms with van der Waals surface area (Å²) < 4.78 is 7.20. The van der Waals surface area contributed by atoms with Gasteiger partial charge in [0.1, 0.15) is 5.76 Å². The molecule has 2 aromatic rings. The van der Waals surface area contributed by atoms with Crippen LogP contribution >= 0.6 is 0 Å². The van der Waals surface area contributed by atoms with Crippen LogP contribution in [0, 0.1) is 5.92 Å². The first-order valence-electron chi connectivity index (χ1n) is 10.5. The highest BCUT2D eigenvalue weighted by atomic mass is 16.5. The molecule has 2 aromatic heterocycles. The van der Waals surface area contributed by atoms with Crippen LogP contribution in [-0.2, 0) is 25.9 Å². The van der Waals surface area contributed by atoms with Crippen LogP contribution in [0.1, 0.15) is 67.0 Å². The topological polar surface area (TPSA) is 64.2 Å². The average Bonchev–Trinajstić information content (AvgIpc) is 3.43. The van der Waals surface area contributed by atoms with Crippen molar-refractivity contribution in [3.63, 3.8) is 0 Å². The predicted molar refractivity (Wildman–Crippen MR) is 102 cm³/mol. The van der Waals surface area contributed by atoms with Gasteiger partial charge in [-0.05, 0) is 75.9 Å². The van der Waals surface area contributed by atoms with Crippen LogP contribution in [0.5, 0.6) is 0 Å². The molecule has 1 saturated carbocycles. The molecule has 0 bridgehead atoms. The Bertz CT molecular complexity index is 859. The van der Waals surface area contributed by atoms with Gasteiger partial charge in [-0.1, -0.05) is 5.16 Å². The molecule has 27 heavy (non-hydrogen) atoms. The van der Waals surface area contributed by atoms with Gasteiger partial charge < -0.3 is 4.52 Å². The lowest BCUT2D eigenvalue weighted by Crippen LogP contribution is -2.37. The van der Waals surface area contributed by atoms with Crippen molar-refractivity contribution >= 4 is 0 Å². The Morgan fingerprint density at radius 1 is 1.11 bits per heavy atom. The van der Waals surface area contributed by atoms with Crippen LogP contribution in [-0.4, -0.2) is 32.9 Å². The van der Waals surface area contributed by atoms with Crippen molar-refractivity contribution in [1.29, 1.82) is 0 Å². The Balaban J connectivity index is 1.19. The van der Waals surface area contributed by atoms with Gasteiger partial charge in [0.25, 0.3) is 5.56 Å². The van der Waals surface area contributed by atoms with E-state index >= 15 is 0 Å². The maximum absolute atomic E-state index is 12.4. The van der Waals surface area contributed by atoms with E-state index < -0.39 is 0 Å². The average molecular weight is 368 g/mol. The number of nitrogens with zero attached hydrogens (tertiary/aromatic N) is 4. The molecule has 0 spiro atoms. The van der Waals surface area contributed by atoms with E-state index in [1.807, 2.05) is 12.3 Å². The molecule has 3 aliphatic rings.